The van der Waals surface area contributed by atoms with Crippen LogP contribution in [0.15, 0.2) is 54.6 Å². The lowest BCUT2D eigenvalue weighted by Gasteiger charge is -2.23. The Kier molecular flexibility index (Phi) is 7.12. The van der Waals surface area contributed by atoms with E-state index in [9.17, 15) is 19.1 Å². The van der Waals surface area contributed by atoms with Gasteiger partial charge in [0.2, 0.25) is 5.91 Å². The molecule has 2 aromatic carbocycles. The Morgan fingerprint density at radius 2 is 1.97 bits per heavy atom. The minimum Gasteiger partial charge on any atom is -0.458 e. The van der Waals surface area contributed by atoms with E-state index in [-0.39, 0.29) is 24.1 Å². The third-order valence-corrected chi connectivity index (χ3v) is 5.67. The van der Waals surface area contributed by atoms with Crippen LogP contribution in [0.4, 0.5) is 10.1 Å². The number of benzene rings is 2. The fourth-order valence-electron chi connectivity index (χ4n) is 4.15. The first kappa shape index (κ1) is 24.3. The van der Waals surface area contributed by atoms with Crippen molar-refractivity contribution in [1.29, 1.82) is 0 Å². The van der Waals surface area contributed by atoms with Crippen LogP contribution in [0, 0.1) is 5.82 Å². The summed E-state index contributed by atoms with van der Waals surface area (Å²) in [7, 11) is 0. The molecule has 3 aromatic rings. The van der Waals surface area contributed by atoms with Gasteiger partial charge in [0.1, 0.15) is 17.7 Å². The van der Waals surface area contributed by atoms with Gasteiger partial charge in [-0.15, -0.1) is 0 Å². The van der Waals surface area contributed by atoms with Crippen molar-refractivity contribution < 1.29 is 23.8 Å². The van der Waals surface area contributed by atoms with Gasteiger partial charge in [-0.25, -0.2) is 9.37 Å². The molecule has 0 spiro atoms. The van der Waals surface area contributed by atoms with Crippen molar-refractivity contribution in [2.24, 2.45) is 0 Å². The Hall–Kier alpha value is -3.78. The minimum absolute atomic E-state index is 0.0116. The molecule has 0 saturated carbocycles. The summed E-state index contributed by atoms with van der Waals surface area (Å²) in [6.45, 7) is 5.48. The molecule has 8 heteroatoms. The van der Waals surface area contributed by atoms with E-state index in [1.165, 1.54) is 19.1 Å². The highest BCUT2D eigenvalue weighted by Crippen LogP contribution is 2.36. The van der Waals surface area contributed by atoms with Gasteiger partial charge in [-0.1, -0.05) is 26.0 Å². The normalized spacial score (nSPS) is 18.2. The Balaban J connectivity index is 1.87. The lowest BCUT2D eigenvalue weighted by molar-refractivity contribution is -0.156. The molecule has 2 heterocycles. The van der Waals surface area contributed by atoms with E-state index >= 15 is 0 Å². The standard InChI is InChI=1S/C27H28FN3O4/c1-16(2)27-30-25(19-5-4-6-21(13-19)29-17(3)32)26(18-7-9-20(28)10-8-18)31(27)12-11-23-14-22(33)15-24(34)35-23/h4-13,16,22-23,33H,14-15H2,1-3H3,(H,29,32)/b12-11+/t22-,23-/m1/s1. The average molecular weight is 478 g/mol. The summed E-state index contributed by atoms with van der Waals surface area (Å²) >= 11 is 0. The maximum Gasteiger partial charge on any atom is 0.309 e. The molecule has 2 atom stereocenters. The quantitative estimate of drug-likeness (QED) is 0.489. The Labute approximate surface area is 203 Å². The number of cyclic esters (lactones) is 1. The highest BCUT2D eigenvalue weighted by atomic mass is 19.1. The molecule has 35 heavy (non-hydrogen) atoms. The van der Waals surface area contributed by atoms with Crippen LogP contribution < -0.4 is 5.32 Å². The van der Waals surface area contributed by atoms with Gasteiger partial charge in [0.15, 0.2) is 0 Å². The number of carbonyl (C=O) groups is 2. The topological polar surface area (TPSA) is 93.5 Å². The first-order valence-electron chi connectivity index (χ1n) is 11.5. The number of aliphatic hydroxyl groups is 1. The molecule has 4 rings (SSSR count). The fraction of sp³-hybridized carbons (Fsp3) is 0.296. The van der Waals surface area contributed by atoms with E-state index in [4.69, 9.17) is 9.72 Å². The zero-order chi connectivity index (χ0) is 25.1. The molecule has 7 nitrogen and oxygen atoms in total. The Bertz CT molecular complexity index is 1260. The van der Waals surface area contributed by atoms with Gasteiger partial charge in [0.05, 0.1) is 23.9 Å². The number of imidazole rings is 1. The zero-order valence-electron chi connectivity index (χ0n) is 19.9. The summed E-state index contributed by atoms with van der Waals surface area (Å²) in [5.41, 5.74) is 3.56. The number of aliphatic hydroxyl groups excluding tert-OH is 1. The predicted molar refractivity (Wildman–Crippen MR) is 132 cm³/mol. The maximum atomic E-state index is 13.7. The van der Waals surface area contributed by atoms with Crippen molar-refractivity contribution >= 4 is 23.8 Å². The largest absolute Gasteiger partial charge is 0.458 e. The number of hydrogen-bond donors (Lipinski definition) is 2. The zero-order valence-corrected chi connectivity index (χ0v) is 19.9. The van der Waals surface area contributed by atoms with Crippen LogP contribution >= 0.6 is 0 Å². The fourth-order valence-corrected chi connectivity index (χ4v) is 4.15. The van der Waals surface area contributed by atoms with Crippen LogP contribution in [0.1, 0.15) is 45.4 Å². The molecular formula is C27H28FN3O4. The maximum absolute atomic E-state index is 13.7. The molecule has 182 valence electrons. The molecule has 2 N–H and O–H groups in total. The molecule has 0 aliphatic carbocycles. The summed E-state index contributed by atoms with van der Waals surface area (Å²) in [5, 5.41) is 12.8. The Morgan fingerprint density at radius 3 is 2.63 bits per heavy atom. The highest BCUT2D eigenvalue weighted by Gasteiger charge is 2.26. The Morgan fingerprint density at radius 1 is 1.23 bits per heavy atom. The second kappa shape index (κ2) is 10.2. The first-order valence-corrected chi connectivity index (χ1v) is 11.5. The van der Waals surface area contributed by atoms with Crippen molar-refractivity contribution in [1.82, 2.24) is 9.55 Å². The molecular weight excluding hydrogens is 449 g/mol. The number of carbonyl (C=O) groups excluding carboxylic acids is 2. The smallest absolute Gasteiger partial charge is 0.309 e. The molecule has 1 aliphatic heterocycles. The van der Waals surface area contributed by atoms with Crippen molar-refractivity contribution in [3.8, 4) is 22.5 Å². The summed E-state index contributed by atoms with van der Waals surface area (Å²) in [4.78, 5) is 28.3. The van der Waals surface area contributed by atoms with E-state index in [0.29, 0.717) is 17.8 Å². The predicted octanol–water partition coefficient (Wildman–Crippen LogP) is 4.98. The number of aromatic nitrogens is 2. The van der Waals surface area contributed by atoms with Crippen molar-refractivity contribution in [3.05, 3.63) is 66.2 Å². The number of ether oxygens (including phenoxy) is 1. The summed E-state index contributed by atoms with van der Waals surface area (Å²) in [5.74, 6) is -0.186. The summed E-state index contributed by atoms with van der Waals surface area (Å²) in [6, 6.07) is 13.5. The molecule has 0 bridgehead atoms. The molecule has 1 aromatic heterocycles. The number of amides is 1. The van der Waals surface area contributed by atoms with Crippen molar-refractivity contribution in [2.75, 3.05) is 5.32 Å². The second-order valence-electron chi connectivity index (χ2n) is 8.92. The van der Waals surface area contributed by atoms with E-state index in [2.05, 4.69) is 5.32 Å². The molecule has 1 amide bonds. The van der Waals surface area contributed by atoms with Crippen LogP contribution in [0.2, 0.25) is 0 Å². The van der Waals surface area contributed by atoms with E-state index in [0.717, 1.165) is 22.6 Å². The number of hydrogen-bond acceptors (Lipinski definition) is 5. The van der Waals surface area contributed by atoms with Gasteiger partial charge in [-0.3, -0.25) is 9.59 Å². The highest BCUT2D eigenvalue weighted by molar-refractivity contribution is 5.90. The van der Waals surface area contributed by atoms with Crippen LogP contribution in [0.5, 0.6) is 0 Å². The second-order valence-corrected chi connectivity index (χ2v) is 8.92. The van der Waals surface area contributed by atoms with Gasteiger partial charge in [-0.2, -0.15) is 0 Å². The van der Waals surface area contributed by atoms with Gasteiger partial charge in [-0.05, 0) is 42.5 Å². The van der Waals surface area contributed by atoms with Crippen LogP contribution in [0.25, 0.3) is 28.7 Å². The summed E-state index contributed by atoms with van der Waals surface area (Å²) < 4.78 is 21.0. The number of rotatable bonds is 6. The van der Waals surface area contributed by atoms with E-state index in [1.54, 1.807) is 30.5 Å². The van der Waals surface area contributed by atoms with E-state index in [1.807, 2.05) is 36.6 Å². The molecule has 1 fully saturated rings. The SMILES string of the molecule is CC(=O)Nc1cccc(-c2nc(C(C)C)n(/C=C/[C@@H]3C[C@@H](O)CC(=O)O3)c2-c2ccc(F)cc2)c1. The summed E-state index contributed by atoms with van der Waals surface area (Å²) in [6.07, 6.45) is 2.51. The lowest BCUT2D eigenvalue weighted by atomic mass is 10.0. The molecule has 1 aliphatic rings. The van der Waals surface area contributed by atoms with Gasteiger partial charge < -0.3 is 19.7 Å². The third kappa shape index (κ3) is 5.66. The monoisotopic (exact) mass is 477 g/mol. The number of halogens is 1. The number of nitrogens with zero attached hydrogens (tertiary/aromatic N) is 2. The first-order chi connectivity index (χ1) is 16.7. The van der Waals surface area contributed by atoms with Crippen LogP contribution in [-0.2, 0) is 14.3 Å². The van der Waals surface area contributed by atoms with Crippen molar-refractivity contribution in [3.63, 3.8) is 0 Å². The third-order valence-electron chi connectivity index (χ3n) is 5.67. The lowest BCUT2D eigenvalue weighted by Crippen LogP contribution is -2.31. The molecule has 1 saturated heterocycles. The van der Waals surface area contributed by atoms with E-state index < -0.39 is 18.2 Å². The van der Waals surface area contributed by atoms with Gasteiger partial charge in [0, 0.05) is 42.3 Å². The average Bonchev–Trinajstić information content (AvgIpc) is 3.17. The molecule has 0 unspecified atom stereocenters. The van der Waals surface area contributed by atoms with Gasteiger partial charge in [0.25, 0.3) is 0 Å². The van der Waals surface area contributed by atoms with Crippen LogP contribution in [0.3, 0.4) is 0 Å². The number of nitrogens with one attached hydrogen (secondary N) is 1. The van der Waals surface area contributed by atoms with Crippen LogP contribution in [-0.4, -0.2) is 38.7 Å². The number of esters is 1. The van der Waals surface area contributed by atoms with Gasteiger partial charge >= 0.3 is 5.97 Å². The molecule has 0 radical (unpaired) electrons. The minimum atomic E-state index is -0.748. The van der Waals surface area contributed by atoms with Crippen molar-refractivity contribution in [2.45, 2.75) is 51.7 Å². The number of anilines is 1.